The predicted octanol–water partition coefficient (Wildman–Crippen LogP) is 6.25. The van der Waals surface area contributed by atoms with Crippen molar-refractivity contribution >= 4 is 46.1 Å². The van der Waals surface area contributed by atoms with Crippen LogP contribution < -0.4 is 26.0 Å². The third kappa shape index (κ3) is 6.54. The summed E-state index contributed by atoms with van der Waals surface area (Å²) in [4.78, 5) is 0.191. The first-order valence-electron chi connectivity index (χ1n) is 13.3. The third-order valence-electron chi connectivity index (χ3n) is 7.07. The van der Waals surface area contributed by atoms with Crippen LogP contribution in [0.4, 0.5) is 0 Å². The van der Waals surface area contributed by atoms with Gasteiger partial charge in [0.2, 0.25) is 0 Å². The molecule has 0 aromatic heterocycles. The summed E-state index contributed by atoms with van der Waals surface area (Å²) in [5.41, 5.74) is 1.30. The van der Waals surface area contributed by atoms with E-state index in [4.69, 9.17) is 4.74 Å². The highest BCUT2D eigenvalue weighted by Gasteiger charge is 2.31. The fraction of sp³-hybridized carbons (Fsp3) is 0.118. The summed E-state index contributed by atoms with van der Waals surface area (Å²) >= 11 is 0. The van der Waals surface area contributed by atoms with Gasteiger partial charge in [0.1, 0.15) is 12.9 Å². The molecule has 0 spiro atoms. The van der Waals surface area contributed by atoms with Crippen molar-refractivity contribution in [3.8, 4) is 5.75 Å². The van der Waals surface area contributed by atoms with Crippen LogP contribution >= 0.6 is 15.1 Å². The molecule has 7 heteroatoms. The van der Waals surface area contributed by atoms with E-state index in [1.165, 1.54) is 16.9 Å². The Hall–Kier alpha value is -3.49. The standard InChI is InChI=1S/C34H32O4P2S/c1-38-33-23-28(26-40(35,31-19-11-5-12-20-31)32-21-13-6-14-22-32)34(41(2,36)37)24-27(33)25-39(29-15-7-3-8-16-29)30-17-9-4-10-18-30/h3-24H,25-26H2,1-2H3. The third-order valence-corrected chi connectivity index (χ3v) is 13.8. The second-order valence-corrected chi connectivity index (χ2v) is 16.9. The van der Waals surface area contributed by atoms with Crippen LogP contribution in [0.2, 0.25) is 0 Å². The molecule has 41 heavy (non-hydrogen) atoms. The molecule has 5 aromatic carbocycles. The lowest BCUT2D eigenvalue weighted by Gasteiger charge is -2.24. The van der Waals surface area contributed by atoms with E-state index in [2.05, 4.69) is 24.3 Å². The molecule has 0 saturated heterocycles. The predicted molar refractivity (Wildman–Crippen MR) is 172 cm³/mol. The lowest BCUT2D eigenvalue weighted by molar-refractivity contribution is 0.410. The monoisotopic (exact) mass is 598 g/mol. The highest BCUT2D eigenvalue weighted by molar-refractivity contribution is 7.90. The molecule has 4 nitrogen and oxygen atoms in total. The van der Waals surface area contributed by atoms with Crippen molar-refractivity contribution in [2.75, 3.05) is 13.4 Å². The number of hydrogen-bond acceptors (Lipinski definition) is 4. The van der Waals surface area contributed by atoms with Crippen LogP contribution in [0.15, 0.2) is 138 Å². The van der Waals surface area contributed by atoms with E-state index in [0.29, 0.717) is 28.1 Å². The molecule has 0 fully saturated rings. The fourth-order valence-corrected chi connectivity index (χ4v) is 11.2. The van der Waals surface area contributed by atoms with Gasteiger partial charge in [0.05, 0.1) is 12.0 Å². The average molecular weight is 599 g/mol. The zero-order chi connectivity index (χ0) is 28.9. The summed E-state index contributed by atoms with van der Waals surface area (Å²) in [6.45, 7) is 0. The lowest BCUT2D eigenvalue weighted by atomic mass is 10.1. The molecule has 0 atom stereocenters. The molecular formula is C34H32O4P2S. The van der Waals surface area contributed by atoms with Crippen molar-refractivity contribution < 1.29 is 17.7 Å². The van der Waals surface area contributed by atoms with Gasteiger partial charge in [-0.2, -0.15) is 0 Å². The maximum atomic E-state index is 14.9. The van der Waals surface area contributed by atoms with Gasteiger partial charge in [-0.25, -0.2) is 8.42 Å². The van der Waals surface area contributed by atoms with Crippen molar-refractivity contribution in [2.24, 2.45) is 0 Å². The Morgan fingerprint density at radius 2 is 1.10 bits per heavy atom. The van der Waals surface area contributed by atoms with Crippen LogP contribution in [-0.4, -0.2) is 21.8 Å². The zero-order valence-electron chi connectivity index (χ0n) is 23.1. The summed E-state index contributed by atoms with van der Waals surface area (Å²) in [5.74, 6) is 0.597. The summed E-state index contributed by atoms with van der Waals surface area (Å²) < 4.78 is 47.3. The van der Waals surface area contributed by atoms with Crippen molar-refractivity contribution in [1.29, 1.82) is 0 Å². The summed E-state index contributed by atoms with van der Waals surface area (Å²) in [5, 5.41) is 3.76. The van der Waals surface area contributed by atoms with E-state index < -0.39 is 24.9 Å². The molecular weight excluding hydrogens is 566 g/mol. The van der Waals surface area contributed by atoms with E-state index in [-0.39, 0.29) is 11.1 Å². The van der Waals surface area contributed by atoms with Gasteiger partial charge in [-0.15, -0.1) is 0 Å². The quantitative estimate of drug-likeness (QED) is 0.179. The SMILES string of the molecule is COc1cc(CP(=O)(c2ccccc2)c2ccccc2)c(S(C)(=O)=O)cc1CP(c1ccccc1)c1ccccc1. The number of rotatable bonds is 10. The summed E-state index contributed by atoms with van der Waals surface area (Å²) in [6.07, 6.45) is 1.88. The van der Waals surface area contributed by atoms with Crippen molar-refractivity contribution in [3.05, 3.63) is 145 Å². The minimum Gasteiger partial charge on any atom is -0.496 e. The molecule has 0 amide bonds. The molecule has 0 aliphatic rings. The van der Waals surface area contributed by atoms with Crippen LogP contribution in [0.25, 0.3) is 0 Å². The molecule has 0 heterocycles. The fourth-order valence-electron chi connectivity index (χ4n) is 5.05. The molecule has 0 radical (unpaired) electrons. The van der Waals surface area contributed by atoms with Crippen LogP contribution in [0.3, 0.4) is 0 Å². The Morgan fingerprint density at radius 3 is 1.51 bits per heavy atom. The van der Waals surface area contributed by atoms with E-state index in [0.717, 1.165) is 5.56 Å². The van der Waals surface area contributed by atoms with Crippen molar-refractivity contribution in [1.82, 2.24) is 0 Å². The molecule has 0 saturated carbocycles. The van der Waals surface area contributed by atoms with Gasteiger partial charge in [0.15, 0.2) is 9.84 Å². The van der Waals surface area contributed by atoms with Crippen LogP contribution in [0.1, 0.15) is 11.1 Å². The van der Waals surface area contributed by atoms with E-state index in [1.54, 1.807) is 19.2 Å². The molecule has 0 aliphatic heterocycles. The first kappa shape index (κ1) is 29.0. The molecule has 5 aromatic rings. The maximum Gasteiger partial charge on any atom is 0.175 e. The molecule has 0 bridgehead atoms. The number of hydrogen-bond donors (Lipinski definition) is 0. The number of benzene rings is 5. The van der Waals surface area contributed by atoms with Crippen LogP contribution in [0.5, 0.6) is 5.75 Å². The van der Waals surface area contributed by atoms with Gasteiger partial charge in [0.25, 0.3) is 0 Å². The summed E-state index contributed by atoms with van der Waals surface area (Å²) in [7, 11) is -6.11. The highest BCUT2D eigenvalue weighted by Crippen LogP contribution is 2.49. The van der Waals surface area contributed by atoms with Gasteiger partial charge in [-0.1, -0.05) is 121 Å². The Morgan fingerprint density at radius 1 is 0.659 bits per heavy atom. The molecule has 0 N–H and O–H groups in total. The minimum absolute atomic E-state index is 0.0617. The second-order valence-electron chi connectivity index (χ2n) is 9.87. The highest BCUT2D eigenvalue weighted by atomic mass is 32.2. The van der Waals surface area contributed by atoms with Gasteiger partial charge in [-0.3, -0.25) is 0 Å². The van der Waals surface area contributed by atoms with Crippen LogP contribution in [-0.2, 0) is 26.7 Å². The normalized spacial score (nSPS) is 11.9. The van der Waals surface area contributed by atoms with Gasteiger partial charge < -0.3 is 9.30 Å². The first-order valence-corrected chi connectivity index (χ1v) is 18.6. The van der Waals surface area contributed by atoms with Crippen molar-refractivity contribution in [2.45, 2.75) is 17.2 Å². The zero-order valence-corrected chi connectivity index (χ0v) is 25.7. The molecule has 208 valence electrons. The lowest BCUT2D eigenvalue weighted by Crippen LogP contribution is -2.19. The van der Waals surface area contributed by atoms with Gasteiger partial charge in [0, 0.05) is 34.8 Å². The van der Waals surface area contributed by atoms with Crippen molar-refractivity contribution in [3.63, 3.8) is 0 Å². The molecule has 5 rings (SSSR count). The Bertz CT molecular complexity index is 1680. The Labute approximate surface area is 244 Å². The largest absolute Gasteiger partial charge is 0.496 e. The smallest absolute Gasteiger partial charge is 0.175 e. The topological polar surface area (TPSA) is 60.4 Å². The van der Waals surface area contributed by atoms with E-state index in [1.807, 2.05) is 97.1 Å². The Balaban J connectivity index is 1.64. The summed E-state index contributed by atoms with van der Waals surface area (Å²) in [6, 6.07) is 42.7. The number of methoxy groups -OCH3 is 1. The average Bonchev–Trinajstić information content (AvgIpc) is 3.01. The van der Waals surface area contributed by atoms with E-state index >= 15 is 0 Å². The number of ether oxygens (including phenoxy) is 1. The van der Waals surface area contributed by atoms with Gasteiger partial charge >= 0.3 is 0 Å². The Kier molecular flexibility index (Phi) is 8.90. The van der Waals surface area contributed by atoms with Crippen LogP contribution in [0, 0.1) is 0 Å². The number of sulfone groups is 1. The molecule has 0 unspecified atom stereocenters. The first-order chi connectivity index (χ1) is 19.8. The maximum absolute atomic E-state index is 14.9. The minimum atomic E-state index is -3.65. The van der Waals surface area contributed by atoms with Gasteiger partial charge in [-0.05, 0) is 36.2 Å². The van der Waals surface area contributed by atoms with E-state index in [9.17, 15) is 13.0 Å². The molecule has 0 aliphatic carbocycles. The second kappa shape index (κ2) is 12.6.